The van der Waals surface area contributed by atoms with Crippen LogP contribution in [0.15, 0.2) is 29.1 Å². The number of hydrogen-bond acceptors (Lipinski definition) is 5. The van der Waals surface area contributed by atoms with E-state index in [1.54, 1.807) is 4.57 Å². The summed E-state index contributed by atoms with van der Waals surface area (Å²) in [5.74, 6) is -0.157. The minimum atomic E-state index is -0.514. The van der Waals surface area contributed by atoms with Crippen molar-refractivity contribution in [2.24, 2.45) is 11.5 Å². The molecule has 2 aromatic heterocycles. The molecule has 1 amide bonds. The van der Waals surface area contributed by atoms with Gasteiger partial charge in [-0.3, -0.25) is 14.7 Å². The molecule has 0 spiro atoms. The second-order valence-electron chi connectivity index (χ2n) is 7.08. The van der Waals surface area contributed by atoms with E-state index in [0.717, 1.165) is 29.4 Å². The lowest BCUT2D eigenvalue weighted by molar-refractivity contribution is -0.122. The molecule has 8 nitrogen and oxygen atoms in total. The van der Waals surface area contributed by atoms with Gasteiger partial charge in [0.15, 0.2) is 0 Å². The van der Waals surface area contributed by atoms with Crippen LogP contribution in [0.25, 0.3) is 21.8 Å². The Bertz CT molecular complexity index is 1020. The average molecular weight is 384 g/mol. The van der Waals surface area contributed by atoms with Crippen molar-refractivity contribution >= 4 is 27.7 Å². The van der Waals surface area contributed by atoms with Gasteiger partial charge in [-0.05, 0) is 38.8 Å². The number of rotatable bonds is 9. The minimum absolute atomic E-state index is 0.0650. The van der Waals surface area contributed by atoms with E-state index < -0.39 is 6.04 Å². The molecule has 0 saturated carbocycles. The summed E-state index contributed by atoms with van der Waals surface area (Å²) in [6.07, 6.45) is 2.97. The fourth-order valence-corrected chi connectivity index (χ4v) is 3.48. The minimum Gasteiger partial charge on any atom is -0.355 e. The van der Waals surface area contributed by atoms with E-state index in [9.17, 15) is 9.59 Å². The van der Waals surface area contributed by atoms with Crippen LogP contribution >= 0.6 is 0 Å². The molecule has 3 rings (SSSR count). The van der Waals surface area contributed by atoms with Crippen molar-refractivity contribution in [1.82, 2.24) is 20.1 Å². The standard InChI is InChI=1S/C20H28N6O2/c1-13-17-18(25-24-13)14-7-2-3-9-16(14)26(20(17)28)12-6-11-23-19(27)15(22)8-4-5-10-21/h2-3,7,9,15H,4-6,8,10-12,21-22H2,1H3,(H,23,27)(H,24,25). The lowest BCUT2D eigenvalue weighted by Gasteiger charge is -2.14. The average Bonchev–Trinajstić information content (AvgIpc) is 3.09. The number of unbranched alkanes of at least 4 members (excludes halogenated alkanes) is 1. The fourth-order valence-electron chi connectivity index (χ4n) is 3.48. The van der Waals surface area contributed by atoms with Crippen LogP contribution in [0.3, 0.4) is 0 Å². The van der Waals surface area contributed by atoms with E-state index in [1.165, 1.54) is 0 Å². The van der Waals surface area contributed by atoms with Crippen molar-refractivity contribution < 1.29 is 4.79 Å². The van der Waals surface area contributed by atoms with Gasteiger partial charge >= 0.3 is 0 Å². The first-order chi connectivity index (χ1) is 13.5. The number of nitrogens with two attached hydrogens (primary N) is 2. The second-order valence-corrected chi connectivity index (χ2v) is 7.08. The molecule has 0 aliphatic rings. The van der Waals surface area contributed by atoms with Gasteiger partial charge in [0.25, 0.3) is 5.56 Å². The molecule has 0 saturated heterocycles. The Labute approximate surface area is 163 Å². The molecule has 0 radical (unpaired) electrons. The molecule has 0 fully saturated rings. The Morgan fingerprint density at radius 3 is 2.86 bits per heavy atom. The summed E-state index contributed by atoms with van der Waals surface area (Å²) in [6, 6.07) is 7.22. The van der Waals surface area contributed by atoms with Gasteiger partial charge in [-0.1, -0.05) is 24.6 Å². The van der Waals surface area contributed by atoms with Crippen LogP contribution in [0.2, 0.25) is 0 Å². The number of carbonyl (C=O) groups is 1. The Hall–Kier alpha value is -2.71. The molecule has 3 aromatic rings. The van der Waals surface area contributed by atoms with Crippen molar-refractivity contribution in [1.29, 1.82) is 0 Å². The maximum atomic E-state index is 13.0. The zero-order chi connectivity index (χ0) is 20.1. The maximum absolute atomic E-state index is 13.0. The highest BCUT2D eigenvalue weighted by atomic mass is 16.2. The lowest BCUT2D eigenvalue weighted by Crippen LogP contribution is -2.41. The third-order valence-corrected chi connectivity index (χ3v) is 5.02. The number of aromatic nitrogens is 3. The molecule has 28 heavy (non-hydrogen) atoms. The Kier molecular flexibility index (Phi) is 6.43. The van der Waals surface area contributed by atoms with Gasteiger partial charge in [-0.2, -0.15) is 5.10 Å². The third kappa shape index (κ3) is 4.07. The smallest absolute Gasteiger partial charge is 0.262 e. The molecule has 0 aliphatic heterocycles. The molecule has 0 bridgehead atoms. The first kappa shape index (κ1) is 20.0. The molecule has 8 heteroatoms. The van der Waals surface area contributed by atoms with Gasteiger partial charge in [0.1, 0.15) is 5.52 Å². The fraction of sp³-hybridized carbons (Fsp3) is 0.450. The Morgan fingerprint density at radius 2 is 2.07 bits per heavy atom. The number of nitrogens with zero attached hydrogens (tertiary/aromatic N) is 2. The van der Waals surface area contributed by atoms with Crippen molar-refractivity contribution in [3.05, 3.63) is 40.3 Å². The van der Waals surface area contributed by atoms with Crippen LogP contribution in [0.4, 0.5) is 0 Å². The first-order valence-electron chi connectivity index (χ1n) is 9.74. The normalized spacial score (nSPS) is 12.5. The molecule has 150 valence electrons. The molecule has 6 N–H and O–H groups in total. The van der Waals surface area contributed by atoms with E-state index in [1.807, 2.05) is 31.2 Å². The highest BCUT2D eigenvalue weighted by molar-refractivity contribution is 6.03. The van der Waals surface area contributed by atoms with Crippen molar-refractivity contribution in [2.75, 3.05) is 13.1 Å². The van der Waals surface area contributed by atoms with Gasteiger partial charge in [0, 0.05) is 24.2 Å². The van der Waals surface area contributed by atoms with Crippen molar-refractivity contribution in [3.8, 4) is 0 Å². The predicted molar refractivity (Wildman–Crippen MR) is 111 cm³/mol. The van der Waals surface area contributed by atoms with E-state index in [2.05, 4.69) is 15.5 Å². The summed E-state index contributed by atoms with van der Waals surface area (Å²) >= 11 is 0. The summed E-state index contributed by atoms with van der Waals surface area (Å²) in [6.45, 7) is 3.43. The highest BCUT2D eigenvalue weighted by Gasteiger charge is 2.15. The molecule has 1 atom stereocenters. The molecule has 0 aliphatic carbocycles. The van der Waals surface area contributed by atoms with Crippen LogP contribution < -0.4 is 22.3 Å². The first-order valence-corrected chi connectivity index (χ1v) is 9.74. The summed E-state index contributed by atoms with van der Waals surface area (Å²) in [4.78, 5) is 25.1. The van der Waals surface area contributed by atoms with E-state index >= 15 is 0 Å². The van der Waals surface area contributed by atoms with Gasteiger partial charge in [-0.25, -0.2) is 0 Å². The summed E-state index contributed by atoms with van der Waals surface area (Å²) in [5, 5.41) is 11.6. The number of hydrogen-bond donors (Lipinski definition) is 4. The lowest BCUT2D eigenvalue weighted by atomic mass is 10.1. The number of nitrogens with one attached hydrogen (secondary N) is 2. The summed E-state index contributed by atoms with van der Waals surface area (Å²) in [5.41, 5.74) is 13.6. The van der Waals surface area contributed by atoms with Crippen LogP contribution in [0.1, 0.15) is 31.4 Å². The number of carbonyl (C=O) groups excluding carboxylic acids is 1. The van der Waals surface area contributed by atoms with Gasteiger partial charge < -0.3 is 21.4 Å². The largest absolute Gasteiger partial charge is 0.355 e. The SMILES string of the molecule is Cc1[nH]nc2c1c(=O)n(CCCNC(=O)C(N)CCCCN)c1ccccc21. The number of fused-ring (bicyclic) bond motifs is 3. The van der Waals surface area contributed by atoms with Gasteiger partial charge in [0.05, 0.1) is 16.9 Å². The Balaban J connectivity index is 1.69. The number of aromatic amines is 1. The van der Waals surface area contributed by atoms with Gasteiger partial charge in [-0.15, -0.1) is 0 Å². The van der Waals surface area contributed by atoms with E-state index in [-0.39, 0.29) is 11.5 Å². The Morgan fingerprint density at radius 1 is 1.29 bits per heavy atom. The molecule has 2 heterocycles. The van der Waals surface area contributed by atoms with Crippen LogP contribution in [-0.2, 0) is 11.3 Å². The number of aryl methyl sites for hydroxylation is 2. The number of para-hydroxylation sites is 1. The second kappa shape index (κ2) is 8.99. The molecular formula is C20H28N6O2. The molecule has 1 unspecified atom stereocenters. The number of amides is 1. The van der Waals surface area contributed by atoms with Crippen molar-refractivity contribution in [2.45, 2.75) is 45.2 Å². The number of pyridine rings is 1. The molecular weight excluding hydrogens is 356 g/mol. The van der Waals surface area contributed by atoms with E-state index in [0.29, 0.717) is 43.4 Å². The number of benzene rings is 1. The maximum Gasteiger partial charge on any atom is 0.262 e. The zero-order valence-electron chi connectivity index (χ0n) is 16.2. The number of H-pyrrole nitrogens is 1. The summed E-state index contributed by atoms with van der Waals surface area (Å²) in [7, 11) is 0. The highest BCUT2D eigenvalue weighted by Crippen LogP contribution is 2.22. The topological polar surface area (TPSA) is 132 Å². The van der Waals surface area contributed by atoms with E-state index in [4.69, 9.17) is 11.5 Å². The third-order valence-electron chi connectivity index (χ3n) is 5.02. The predicted octanol–water partition coefficient (Wildman–Crippen LogP) is 1.15. The van der Waals surface area contributed by atoms with Crippen molar-refractivity contribution in [3.63, 3.8) is 0 Å². The monoisotopic (exact) mass is 384 g/mol. The zero-order valence-corrected chi connectivity index (χ0v) is 16.2. The quantitative estimate of drug-likeness (QED) is 0.411. The molecule has 1 aromatic carbocycles. The van der Waals surface area contributed by atoms with Crippen LogP contribution in [0, 0.1) is 6.92 Å². The van der Waals surface area contributed by atoms with Crippen LogP contribution in [0.5, 0.6) is 0 Å². The van der Waals surface area contributed by atoms with Gasteiger partial charge in [0.2, 0.25) is 5.91 Å². The summed E-state index contributed by atoms with van der Waals surface area (Å²) < 4.78 is 1.76. The van der Waals surface area contributed by atoms with Crippen LogP contribution in [-0.4, -0.2) is 39.8 Å².